The van der Waals surface area contributed by atoms with Crippen LogP contribution in [0.25, 0.3) is 11.1 Å². The molecular formula is C21H26N2O3. The van der Waals surface area contributed by atoms with Gasteiger partial charge in [-0.3, -0.25) is 15.3 Å². The van der Waals surface area contributed by atoms with Gasteiger partial charge in [0.15, 0.2) is 0 Å². The van der Waals surface area contributed by atoms with Crippen molar-refractivity contribution >= 4 is 5.91 Å². The quantitative estimate of drug-likeness (QED) is 0.550. The molecule has 2 aromatic carbocycles. The number of nitrogens with one attached hydrogen (secondary N) is 2. The number of carbonyl (C=O) groups is 1. The first-order valence-electron chi connectivity index (χ1n) is 9.03. The molecule has 0 unspecified atom stereocenters. The molecule has 5 heteroatoms. The van der Waals surface area contributed by atoms with Gasteiger partial charge in [-0.25, -0.2) is 5.48 Å². The Kier molecular flexibility index (Phi) is 6.04. The molecule has 0 saturated heterocycles. The summed E-state index contributed by atoms with van der Waals surface area (Å²) in [5.41, 5.74) is 4.53. The van der Waals surface area contributed by atoms with E-state index in [0.717, 1.165) is 24.0 Å². The summed E-state index contributed by atoms with van der Waals surface area (Å²) in [5.74, 6) is -0.368. The van der Waals surface area contributed by atoms with Crippen molar-refractivity contribution in [3.63, 3.8) is 0 Å². The van der Waals surface area contributed by atoms with Crippen LogP contribution in [0.15, 0.2) is 54.6 Å². The van der Waals surface area contributed by atoms with Gasteiger partial charge in [-0.15, -0.1) is 0 Å². The molecule has 3 rings (SSSR count). The highest BCUT2D eigenvalue weighted by molar-refractivity contribution is 5.85. The summed E-state index contributed by atoms with van der Waals surface area (Å²) < 4.78 is 5.39. The first kappa shape index (κ1) is 18.6. The molecule has 0 radical (unpaired) electrons. The van der Waals surface area contributed by atoms with E-state index in [1.807, 2.05) is 23.7 Å². The van der Waals surface area contributed by atoms with E-state index < -0.39 is 5.54 Å². The van der Waals surface area contributed by atoms with Gasteiger partial charge in [-0.2, -0.15) is 0 Å². The van der Waals surface area contributed by atoms with E-state index in [1.165, 1.54) is 5.56 Å². The summed E-state index contributed by atoms with van der Waals surface area (Å²) >= 11 is 0. The molecule has 0 aromatic heterocycles. The number of rotatable bonds is 6. The van der Waals surface area contributed by atoms with Crippen LogP contribution < -0.4 is 10.8 Å². The lowest BCUT2D eigenvalue weighted by Crippen LogP contribution is -2.58. The maximum Gasteiger partial charge on any atom is 0.263 e. The Bertz CT molecular complexity index is 708. The van der Waals surface area contributed by atoms with Crippen LogP contribution >= 0.6 is 0 Å². The third-order valence-electron chi connectivity index (χ3n) is 5.35. The first-order valence-corrected chi connectivity index (χ1v) is 9.03. The first-order chi connectivity index (χ1) is 12.7. The molecule has 1 saturated carbocycles. The fourth-order valence-electron chi connectivity index (χ4n) is 3.63. The molecule has 0 atom stereocenters. The van der Waals surface area contributed by atoms with E-state index >= 15 is 0 Å². The van der Waals surface area contributed by atoms with Crippen molar-refractivity contribution in [2.75, 3.05) is 7.11 Å². The Hall–Kier alpha value is -2.21. The van der Waals surface area contributed by atoms with Crippen molar-refractivity contribution in [2.24, 2.45) is 0 Å². The van der Waals surface area contributed by atoms with Crippen LogP contribution in [0.3, 0.4) is 0 Å². The molecule has 0 spiro atoms. The van der Waals surface area contributed by atoms with Crippen molar-refractivity contribution in [1.29, 1.82) is 0 Å². The number of hydrogen-bond acceptors (Lipinski definition) is 4. The highest BCUT2D eigenvalue weighted by Gasteiger charge is 2.41. The van der Waals surface area contributed by atoms with E-state index in [4.69, 9.17) is 9.94 Å². The van der Waals surface area contributed by atoms with E-state index in [2.05, 4.69) is 41.7 Å². The second kappa shape index (κ2) is 8.45. The maximum absolute atomic E-state index is 12.3. The Morgan fingerprint density at radius 1 is 1.08 bits per heavy atom. The van der Waals surface area contributed by atoms with Crippen LogP contribution in [0, 0.1) is 0 Å². The highest BCUT2D eigenvalue weighted by Crippen LogP contribution is 2.30. The molecule has 5 nitrogen and oxygen atoms in total. The monoisotopic (exact) mass is 354 g/mol. The standard InChI is InChI=1S/C21H26N2O3/c1-26-19-11-13-21(14-12-19,20(24)23-25)22-15-16-7-9-18(10-8-16)17-5-3-2-4-6-17/h2-10,19,22,25H,11-15H2,1H3,(H,23,24). The lowest BCUT2D eigenvalue weighted by molar-refractivity contribution is -0.139. The molecule has 0 bridgehead atoms. The predicted octanol–water partition coefficient (Wildman–Crippen LogP) is 3.28. The molecule has 1 fully saturated rings. The SMILES string of the molecule is COC1CCC(NCc2ccc(-c3ccccc3)cc2)(C(=O)NO)CC1. The third-order valence-corrected chi connectivity index (χ3v) is 5.35. The van der Waals surface area contributed by atoms with Gasteiger partial charge < -0.3 is 4.74 Å². The second-order valence-corrected chi connectivity index (χ2v) is 6.87. The number of methoxy groups -OCH3 is 1. The smallest absolute Gasteiger partial charge is 0.263 e. The van der Waals surface area contributed by atoms with Gasteiger partial charge in [0.05, 0.1) is 6.10 Å². The summed E-state index contributed by atoms with van der Waals surface area (Å²) in [6, 6.07) is 18.5. The minimum Gasteiger partial charge on any atom is -0.381 e. The van der Waals surface area contributed by atoms with E-state index in [0.29, 0.717) is 19.4 Å². The molecule has 26 heavy (non-hydrogen) atoms. The van der Waals surface area contributed by atoms with Crippen molar-refractivity contribution < 1.29 is 14.7 Å². The minimum absolute atomic E-state index is 0.182. The van der Waals surface area contributed by atoms with Crippen molar-refractivity contribution in [1.82, 2.24) is 10.8 Å². The number of ether oxygens (including phenoxy) is 1. The van der Waals surface area contributed by atoms with Gasteiger partial charge in [0.1, 0.15) is 5.54 Å². The lowest BCUT2D eigenvalue weighted by atomic mass is 9.79. The zero-order valence-electron chi connectivity index (χ0n) is 15.1. The number of benzene rings is 2. The summed E-state index contributed by atoms with van der Waals surface area (Å²) in [5, 5.41) is 12.5. The van der Waals surface area contributed by atoms with Crippen molar-refractivity contribution in [3.05, 3.63) is 60.2 Å². The molecule has 1 aliphatic carbocycles. The van der Waals surface area contributed by atoms with E-state index in [1.54, 1.807) is 7.11 Å². The zero-order valence-corrected chi connectivity index (χ0v) is 15.1. The van der Waals surface area contributed by atoms with Gasteiger partial charge in [-0.1, -0.05) is 54.6 Å². The molecule has 0 heterocycles. The van der Waals surface area contributed by atoms with Crippen LogP contribution in [-0.4, -0.2) is 29.9 Å². The average Bonchev–Trinajstić information content (AvgIpc) is 2.73. The molecule has 1 aliphatic rings. The van der Waals surface area contributed by atoms with Crippen molar-refractivity contribution in [3.8, 4) is 11.1 Å². The molecule has 3 N–H and O–H groups in total. The molecule has 138 valence electrons. The van der Waals surface area contributed by atoms with Crippen LogP contribution in [-0.2, 0) is 16.1 Å². The van der Waals surface area contributed by atoms with Crippen LogP contribution in [0.2, 0.25) is 0 Å². The van der Waals surface area contributed by atoms with Gasteiger partial charge in [0, 0.05) is 13.7 Å². The van der Waals surface area contributed by atoms with E-state index in [-0.39, 0.29) is 12.0 Å². The molecule has 1 amide bonds. The van der Waals surface area contributed by atoms with Crippen LogP contribution in [0.5, 0.6) is 0 Å². The normalized spacial score (nSPS) is 22.8. The minimum atomic E-state index is -0.748. The van der Waals surface area contributed by atoms with Crippen molar-refractivity contribution in [2.45, 2.75) is 43.9 Å². The highest BCUT2D eigenvalue weighted by atomic mass is 16.5. The molecule has 2 aromatic rings. The summed E-state index contributed by atoms with van der Waals surface area (Å²) in [7, 11) is 1.70. The Morgan fingerprint density at radius 2 is 1.69 bits per heavy atom. The molecular weight excluding hydrogens is 328 g/mol. The zero-order chi connectivity index (χ0) is 18.4. The summed E-state index contributed by atoms with van der Waals surface area (Å²) in [4.78, 5) is 12.3. The Balaban J connectivity index is 1.67. The number of carbonyl (C=O) groups excluding carboxylic acids is 1. The number of hydrogen-bond donors (Lipinski definition) is 3. The fourth-order valence-corrected chi connectivity index (χ4v) is 3.63. The average molecular weight is 354 g/mol. The third kappa shape index (κ3) is 4.12. The number of amides is 1. The van der Waals surface area contributed by atoms with Gasteiger partial charge in [-0.05, 0) is 42.4 Å². The summed E-state index contributed by atoms with van der Waals surface area (Å²) in [6.45, 7) is 0.570. The number of hydroxylamine groups is 1. The van der Waals surface area contributed by atoms with Crippen LogP contribution in [0.4, 0.5) is 0 Å². The fraction of sp³-hybridized carbons (Fsp3) is 0.381. The maximum atomic E-state index is 12.3. The summed E-state index contributed by atoms with van der Waals surface area (Å²) in [6.07, 6.45) is 3.05. The Labute approximate surface area is 154 Å². The lowest BCUT2D eigenvalue weighted by Gasteiger charge is -2.38. The molecule has 0 aliphatic heterocycles. The Morgan fingerprint density at radius 3 is 2.27 bits per heavy atom. The topological polar surface area (TPSA) is 70.6 Å². The predicted molar refractivity (Wildman–Crippen MR) is 101 cm³/mol. The van der Waals surface area contributed by atoms with Gasteiger partial charge >= 0.3 is 0 Å². The largest absolute Gasteiger partial charge is 0.381 e. The second-order valence-electron chi connectivity index (χ2n) is 6.87. The van der Waals surface area contributed by atoms with Crippen LogP contribution in [0.1, 0.15) is 31.2 Å². The van der Waals surface area contributed by atoms with E-state index in [9.17, 15) is 4.79 Å². The van der Waals surface area contributed by atoms with Gasteiger partial charge in [0.25, 0.3) is 5.91 Å². The van der Waals surface area contributed by atoms with Gasteiger partial charge in [0.2, 0.25) is 0 Å².